The van der Waals surface area contributed by atoms with Crippen LogP contribution in [0.25, 0.3) is 0 Å². The van der Waals surface area contributed by atoms with E-state index in [9.17, 15) is 9.90 Å². The molecule has 2 fully saturated rings. The smallest absolute Gasteiger partial charge is 0.223 e. The number of carbonyl (C=O) groups is 1. The molecule has 4 heteroatoms. The lowest BCUT2D eigenvalue weighted by Crippen LogP contribution is -2.53. The summed E-state index contributed by atoms with van der Waals surface area (Å²) in [5, 5.41) is 10.7. The molecule has 0 bridgehead atoms. The van der Waals surface area contributed by atoms with Crippen LogP contribution < -0.4 is 0 Å². The van der Waals surface area contributed by atoms with Crippen molar-refractivity contribution in [3.05, 3.63) is 0 Å². The monoisotopic (exact) mass is 282 g/mol. The van der Waals surface area contributed by atoms with E-state index in [0.29, 0.717) is 18.4 Å². The summed E-state index contributed by atoms with van der Waals surface area (Å²) in [4.78, 5) is 16.4. The summed E-state index contributed by atoms with van der Waals surface area (Å²) in [6.07, 6.45) is 3.66. The topological polar surface area (TPSA) is 43.8 Å². The van der Waals surface area contributed by atoms with Gasteiger partial charge in [-0.25, -0.2) is 0 Å². The van der Waals surface area contributed by atoms with E-state index >= 15 is 0 Å². The third kappa shape index (κ3) is 3.34. The van der Waals surface area contributed by atoms with Crippen LogP contribution >= 0.6 is 0 Å². The lowest BCUT2D eigenvalue weighted by atomic mass is 9.78. The Morgan fingerprint density at radius 3 is 2.60 bits per heavy atom. The van der Waals surface area contributed by atoms with Gasteiger partial charge in [-0.05, 0) is 46.1 Å². The van der Waals surface area contributed by atoms with Gasteiger partial charge in [0.05, 0.1) is 5.60 Å². The van der Waals surface area contributed by atoms with Crippen molar-refractivity contribution in [3.8, 4) is 0 Å². The summed E-state index contributed by atoms with van der Waals surface area (Å²) in [6.45, 7) is 8.64. The van der Waals surface area contributed by atoms with E-state index in [0.717, 1.165) is 38.9 Å². The quantitative estimate of drug-likeness (QED) is 0.835. The second-order valence-electron chi connectivity index (χ2n) is 7.08. The number of hydrogen-bond acceptors (Lipinski definition) is 3. The van der Waals surface area contributed by atoms with Gasteiger partial charge in [-0.2, -0.15) is 0 Å². The normalized spacial score (nSPS) is 31.1. The molecule has 2 rings (SSSR count). The molecule has 116 valence electrons. The third-order valence-electron chi connectivity index (χ3n) is 5.33. The van der Waals surface area contributed by atoms with E-state index < -0.39 is 5.60 Å². The van der Waals surface area contributed by atoms with Crippen LogP contribution in [0.4, 0.5) is 0 Å². The van der Waals surface area contributed by atoms with Crippen molar-refractivity contribution < 1.29 is 9.90 Å². The van der Waals surface area contributed by atoms with E-state index in [-0.39, 0.29) is 11.8 Å². The predicted molar refractivity (Wildman–Crippen MR) is 80.4 cm³/mol. The van der Waals surface area contributed by atoms with Gasteiger partial charge >= 0.3 is 0 Å². The number of carbonyl (C=O) groups excluding carboxylic acids is 1. The summed E-state index contributed by atoms with van der Waals surface area (Å²) < 4.78 is 0. The zero-order chi connectivity index (χ0) is 14.9. The van der Waals surface area contributed by atoms with Crippen molar-refractivity contribution >= 4 is 5.91 Å². The maximum atomic E-state index is 12.3. The van der Waals surface area contributed by atoms with Crippen LogP contribution in [-0.2, 0) is 4.79 Å². The van der Waals surface area contributed by atoms with Gasteiger partial charge in [-0.15, -0.1) is 0 Å². The van der Waals surface area contributed by atoms with Crippen LogP contribution in [-0.4, -0.2) is 59.1 Å². The fraction of sp³-hybridized carbons (Fsp3) is 0.938. The number of piperidine rings is 1. The molecule has 1 saturated carbocycles. The highest BCUT2D eigenvalue weighted by Crippen LogP contribution is 2.47. The molecule has 20 heavy (non-hydrogen) atoms. The second-order valence-corrected chi connectivity index (χ2v) is 7.08. The number of hydrogen-bond donors (Lipinski definition) is 1. The second kappa shape index (κ2) is 6.02. The maximum absolute atomic E-state index is 12.3. The van der Waals surface area contributed by atoms with E-state index in [4.69, 9.17) is 0 Å². The van der Waals surface area contributed by atoms with Gasteiger partial charge in [-0.3, -0.25) is 4.79 Å². The van der Waals surface area contributed by atoms with Crippen LogP contribution in [0.3, 0.4) is 0 Å². The Balaban J connectivity index is 1.81. The Bertz CT molecular complexity index is 354. The van der Waals surface area contributed by atoms with Crippen LogP contribution in [0.5, 0.6) is 0 Å². The highest BCUT2D eigenvalue weighted by Gasteiger charge is 2.50. The number of aliphatic hydroxyl groups is 1. The van der Waals surface area contributed by atoms with Gasteiger partial charge in [0.15, 0.2) is 0 Å². The average Bonchev–Trinajstić information content (AvgIpc) is 3.23. The van der Waals surface area contributed by atoms with Gasteiger partial charge in [-0.1, -0.05) is 6.92 Å². The molecular formula is C16H30N2O2. The molecule has 4 nitrogen and oxygen atoms in total. The van der Waals surface area contributed by atoms with Crippen molar-refractivity contribution in [1.82, 2.24) is 9.80 Å². The first-order valence-electron chi connectivity index (χ1n) is 8.05. The number of likely N-dealkylation sites (tertiary alicyclic amines) is 1. The predicted octanol–water partition coefficient (Wildman–Crippen LogP) is 1.73. The Morgan fingerprint density at radius 1 is 1.45 bits per heavy atom. The molecule has 0 unspecified atom stereocenters. The van der Waals surface area contributed by atoms with Crippen molar-refractivity contribution in [2.45, 2.75) is 58.1 Å². The molecule has 1 aliphatic heterocycles. The van der Waals surface area contributed by atoms with E-state index in [1.54, 1.807) is 0 Å². The van der Waals surface area contributed by atoms with Crippen molar-refractivity contribution in [1.29, 1.82) is 0 Å². The first kappa shape index (κ1) is 15.8. The van der Waals surface area contributed by atoms with Crippen LogP contribution in [0.2, 0.25) is 0 Å². The molecule has 2 aliphatic rings. The van der Waals surface area contributed by atoms with Gasteiger partial charge < -0.3 is 14.9 Å². The molecule has 1 saturated heterocycles. The Hall–Kier alpha value is -0.610. The van der Waals surface area contributed by atoms with Gasteiger partial charge in [0.25, 0.3) is 0 Å². The van der Waals surface area contributed by atoms with Crippen LogP contribution in [0, 0.1) is 11.8 Å². The zero-order valence-electron chi connectivity index (χ0n) is 13.4. The molecule has 1 N–H and O–H groups in total. The van der Waals surface area contributed by atoms with E-state index in [1.807, 2.05) is 4.90 Å². The Kier molecular flexibility index (Phi) is 4.75. The summed E-state index contributed by atoms with van der Waals surface area (Å²) in [6, 6.07) is 0.475. The standard InChI is InChI=1S/C16H30N2O2/c1-12(2)17(4)9-7-15(19)18-10-8-16(20,13(3)11-18)14-5-6-14/h12-14,20H,5-11H2,1-4H3/t13-,16+/m1/s1. The zero-order valence-corrected chi connectivity index (χ0v) is 13.4. The largest absolute Gasteiger partial charge is 0.389 e. The van der Waals surface area contributed by atoms with E-state index in [2.05, 4.69) is 32.7 Å². The molecule has 0 radical (unpaired) electrons. The third-order valence-corrected chi connectivity index (χ3v) is 5.33. The molecule has 1 heterocycles. The number of amides is 1. The SMILES string of the molecule is CC(C)N(C)CCC(=O)N1CC[C@@](O)(C2CC2)[C@H](C)C1. The summed E-state index contributed by atoms with van der Waals surface area (Å²) in [5.41, 5.74) is -0.508. The number of nitrogens with zero attached hydrogens (tertiary/aromatic N) is 2. The Labute approximate surface area is 123 Å². The first-order chi connectivity index (χ1) is 9.34. The van der Waals surface area contributed by atoms with E-state index in [1.165, 1.54) is 0 Å². The molecule has 0 aromatic carbocycles. The minimum Gasteiger partial charge on any atom is -0.389 e. The molecule has 0 spiro atoms. The average molecular weight is 282 g/mol. The van der Waals surface area contributed by atoms with Crippen molar-refractivity contribution in [2.24, 2.45) is 11.8 Å². The minimum absolute atomic E-state index is 0.204. The highest BCUT2D eigenvalue weighted by molar-refractivity contribution is 5.76. The summed E-state index contributed by atoms with van der Waals surface area (Å²) >= 11 is 0. The molecule has 0 aromatic rings. The lowest BCUT2D eigenvalue weighted by molar-refractivity contribution is -0.141. The molecule has 0 aromatic heterocycles. The van der Waals surface area contributed by atoms with Gasteiger partial charge in [0.1, 0.15) is 0 Å². The number of rotatable bonds is 5. The fourth-order valence-corrected chi connectivity index (χ4v) is 3.24. The summed E-state index contributed by atoms with van der Waals surface area (Å²) in [5.74, 6) is 0.930. The lowest BCUT2D eigenvalue weighted by Gasteiger charge is -2.44. The van der Waals surface area contributed by atoms with Gasteiger partial charge in [0.2, 0.25) is 5.91 Å². The van der Waals surface area contributed by atoms with Gasteiger partial charge in [0, 0.05) is 38.0 Å². The first-order valence-corrected chi connectivity index (χ1v) is 8.05. The molecule has 1 amide bonds. The Morgan fingerprint density at radius 2 is 2.10 bits per heavy atom. The molecule has 2 atom stereocenters. The van der Waals surface area contributed by atoms with Crippen molar-refractivity contribution in [3.63, 3.8) is 0 Å². The highest BCUT2D eigenvalue weighted by atomic mass is 16.3. The van der Waals surface area contributed by atoms with Crippen LogP contribution in [0.1, 0.15) is 46.5 Å². The maximum Gasteiger partial charge on any atom is 0.223 e. The minimum atomic E-state index is -0.508. The fourth-order valence-electron chi connectivity index (χ4n) is 3.24. The van der Waals surface area contributed by atoms with Crippen LogP contribution in [0.15, 0.2) is 0 Å². The summed E-state index contributed by atoms with van der Waals surface area (Å²) in [7, 11) is 2.06. The molecule has 1 aliphatic carbocycles. The molecular weight excluding hydrogens is 252 g/mol. The van der Waals surface area contributed by atoms with Crippen molar-refractivity contribution in [2.75, 3.05) is 26.7 Å².